The van der Waals surface area contributed by atoms with Crippen LogP contribution in [0.1, 0.15) is 38.2 Å². The Bertz CT molecular complexity index is 470. The van der Waals surface area contributed by atoms with Crippen molar-refractivity contribution in [2.45, 2.75) is 45.6 Å². The molecule has 0 bridgehead atoms. The van der Waals surface area contributed by atoms with Gasteiger partial charge in [0, 0.05) is 12.5 Å². The molecular weight excluding hydrogens is 252 g/mol. The van der Waals surface area contributed by atoms with Crippen LogP contribution in [0.3, 0.4) is 0 Å². The minimum atomic E-state index is -0.0328. The van der Waals surface area contributed by atoms with Gasteiger partial charge in [-0.2, -0.15) is 0 Å². The molecule has 2 rings (SSSR count). The first-order chi connectivity index (χ1) is 9.60. The molecule has 0 aromatic heterocycles. The maximum atomic E-state index is 12.0. The largest absolute Gasteiger partial charge is 0.491 e. The first-order valence-electron chi connectivity index (χ1n) is 7.39. The summed E-state index contributed by atoms with van der Waals surface area (Å²) < 4.78 is 5.69. The Morgan fingerprint density at radius 2 is 2.25 bits per heavy atom. The van der Waals surface area contributed by atoms with Gasteiger partial charge in [0.25, 0.3) is 0 Å². The summed E-state index contributed by atoms with van der Waals surface area (Å²) in [5, 5.41) is 2.92. The number of ether oxygens (including phenoxy) is 1. The third-order valence-electron chi connectivity index (χ3n) is 3.52. The van der Waals surface area contributed by atoms with Gasteiger partial charge in [-0.1, -0.05) is 13.0 Å². The highest BCUT2D eigenvalue weighted by Gasteiger charge is 2.29. The summed E-state index contributed by atoms with van der Waals surface area (Å²) in [4.78, 5) is 12.0. The molecule has 1 aromatic rings. The molecule has 1 aromatic carbocycles. The number of amides is 1. The number of nitrogens with two attached hydrogens (primary N) is 1. The predicted molar refractivity (Wildman–Crippen MR) is 80.9 cm³/mol. The first-order valence-corrected chi connectivity index (χ1v) is 7.39. The van der Waals surface area contributed by atoms with E-state index in [4.69, 9.17) is 10.5 Å². The summed E-state index contributed by atoms with van der Waals surface area (Å²) in [6, 6.07) is 5.79. The monoisotopic (exact) mass is 276 g/mol. The van der Waals surface area contributed by atoms with Crippen LogP contribution in [0, 0.1) is 12.8 Å². The molecule has 1 aliphatic carbocycles. The Morgan fingerprint density at radius 3 is 2.90 bits per heavy atom. The standard InChI is InChI=1S/C16H24N2O2/c1-3-8-20-15-9-11(2)4-7-14(15)18-16(19)10-13(17)12-5-6-12/h4,7,9,12-13H,3,5-6,8,10,17H2,1-2H3,(H,18,19). The fraction of sp³-hybridized carbons (Fsp3) is 0.562. The Labute approximate surface area is 120 Å². The van der Waals surface area contributed by atoms with Gasteiger partial charge in [-0.15, -0.1) is 0 Å². The molecule has 0 saturated heterocycles. The number of hydrogen-bond donors (Lipinski definition) is 2. The van der Waals surface area contributed by atoms with Crippen LogP contribution in [-0.2, 0) is 4.79 Å². The topological polar surface area (TPSA) is 64.3 Å². The fourth-order valence-electron chi connectivity index (χ4n) is 2.17. The highest BCUT2D eigenvalue weighted by atomic mass is 16.5. The highest BCUT2D eigenvalue weighted by molar-refractivity contribution is 5.92. The number of anilines is 1. The second-order valence-corrected chi connectivity index (χ2v) is 5.60. The summed E-state index contributed by atoms with van der Waals surface area (Å²) in [7, 11) is 0. The lowest BCUT2D eigenvalue weighted by Crippen LogP contribution is -2.29. The predicted octanol–water partition coefficient (Wildman–Crippen LogP) is 2.85. The van der Waals surface area contributed by atoms with E-state index >= 15 is 0 Å². The van der Waals surface area contributed by atoms with Crippen molar-refractivity contribution < 1.29 is 9.53 Å². The molecule has 0 aliphatic heterocycles. The van der Waals surface area contributed by atoms with Crippen LogP contribution in [0.2, 0.25) is 0 Å². The molecule has 1 saturated carbocycles. The summed E-state index contributed by atoms with van der Waals surface area (Å²) in [5.41, 5.74) is 7.83. The van der Waals surface area contributed by atoms with Gasteiger partial charge in [-0.3, -0.25) is 4.79 Å². The zero-order valence-corrected chi connectivity index (χ0v) is 12.3. The lowest BCUT2D eigenvalue weighted by atomic mass is 10.1. The lowest BCUT2D eigenvalue weighted by molar-refractivity contribution is -0.116. The van der Waals surface area contributed by atoms with Crippen LogP contribution < -0.4 is 15.8 Å². The Hall–Kier alpha value is -1.55. The zero-order valence-electron chi connectivity index (χ0n) is 12.3. The second kappa shape index (κ2) is 6.75. The fourth-order valence-corrected chi connectivity index (χ4v) is 2.17. The molecule has 0 spiro atoms. The number of rotatable bonds is 7. The molecule has 1 amide bonds. The Kier molecular flexibility index (Phi) is 5.01. The second-order valence-electron chi connectivity index (χ2n) is 5.60. The molecule has 1 unspecified atom stereocenters. The van der Waals surface area contributed by atoms with Crippen molar-refractivity contribution in [2.75, 3.05) is 11.9 Å². The molecule has 4 nitrogen and oxygen atoms in total. The van der Waals surface area contributed by atoms with Crippen molar-refractivity contribution in [1.82, 2.24) is 0 Å². The SMILES string of the molecule is CCCOc1cc(C)ccc1NC(=O)CC(N)C1CC1. The quantitative estimate of drug-likeness (QED) is 0.805. The molecule has 0 heterocycles. The zero-order chi connectivity index (χ0) is 14.5. The smallest absolute Gasteiger partial charge is 0.226 e. The summed E-state index contributed by atoms with van der Waals surface area (Å²) in [6.45, 7) is 4.71. The Balaban J connectivity index is 1.97. The summed E-state index contributed by atoms with van der Waals surface area (Å²) in [6.07, 6.45) is 3.63. The van der Waals surface area contributed by atoms with Gasteiger partial charge in [0.15, 0.2) is 0 Å². The molecule has 3 N–H and O–H groups in total. The van der Waals surface area contributed by atoms with E-state index in [2.05, 4.69) is 12.2 Å². The van der Waals surface area contributed by atoms with Crippen molar-refractivity contribution in [3.63, 3.8) is 0 Å². The number of carbonyl (C=O) groups is 1. The minimum Gasteiger partial charge on any atom is -0.491 e. The van der Waals surface area contributed by atoms with Crippen LogP contribution in [0.5, 0.6) is 5.75 Å². The van der Waals surface area contributed by atoms with Crippen LogP contribution in [0.15, 0.2) is 18.2 Å². The van der Waals surface area contributed by atoms with E-state index in [9.17, 15) is 4.79 Å². The van der Waals surface area contributed by atoms with Gasteiger partial charge in [0.1, 0.15) is 5.75 Å². The maximum absolute atomic E-state index is 12.0. The van der Waals surface area contributed by atoms with E-state index in [1.807, 2.05) is 25.1 Å². The van der Waals surface area contributed by atoms with E-state index in [1.165, 1.54) is 0 Å². The van der Waals surface area contributed by atoms with Crippen LogP contribution in [0.25, 0.3) is 0 Å². The lowest BCUT2D eigenvalue weighted by Gasteiger charge is -2.14. The Morgan fingerprint density at radius 1 is 1.50 bits per heavy atom. The van der Waals surface area contributed by atoms with Crippen LogP contribution >= 0.6 is 0 Å². The van der Waals surface area contributed by atoms with Gasteiger partial charge in [-0.05, 0) is 49.8 Å². The van der Waals surface area contributed by atoms with Crippen molar-refractivity contribution in [2.24, 2.45) is 11.7 Å². The number of benzene rings is 1. The van der Waals surface area contributed by atoms with Crippen LogP contribution in [-0.4, -0.2) is 18.6 Å². The third kappa shape index (κ3) is 4.23. The average molecular weight is 276 g/mol. The van der Waals surface area contributed by atoms with Gasteiger partial charge in [0.05, 0.1) is 12.3 Å². The van der Waals surface area contributed by atoms with E-state index in [0.717, 1.165) is 36.3 Å². The van der Waals surface area contributed by atoms with E-state index < -0.39 is 0 Å². The molecule has 1 fully saturated rings. The number of aryl methyl sites for hydroxylation is 1. The maximum Gasteiger partial charge on any atom is 0.226 e. The first kappa shape index (κ1) is 14.9. The van der Waals surface area contributed by atoms with Crippen LogP contribution in [0.4, 0.5) is 5.69 Å². The molecular formula is C16H24N2O2. The third-order valence-corrected chi connectivity index (χ3v) is 3.52. The number of nitrogens with one attached hydrogen (secondary N) is 1. The normalized spacial score (nSPS) is 15.8. The highest BCUT2D eigenvalue weighted by Crippen LogP contribution is 2.33. The molecule has 1 atom stereocenters. The minimum absolute atomic E-state index is 0.0135. The molecule has 110 valence electrons. The van der Waals surface area contributed by atoms with Gasteiger partial charge < -0.3 is 15.8 Å². The number of hydrogen-bond acceptors (Lipinski definition) is 3. The van der Waals surface area contributed by atoms with E-state index in [-0.39, 0.29) is 11.9 Å². The van der Waals surface area contributed by atoms with Crippen molar-refractivity contribution in [1.29, 1.82) is 0 Å². The van der Waals surface area contributed by atoms with E-state index in [0.29, 0.717) is 18.9 Å². The average Bonchev–Trinajstić information content (AvgIpc) is 3.23. The van der Waals surface area contributed by atoms with Crippen molar-refractivity contribution >= 4 is 11.6 Å². The molecule has 20 heavy (non-hydrogen) atoms. The summed E-state index contributed by atoms with van der Waals surface area (Å²) >= 11 is 0. The van der Waals surface area contributed by atoms with E-state index in [1.54, 1.807) is 0 Å². The van der Waals surface area contributed by atoms with Gasteiger partial charge in [-0.25, -0.2) is 0 Å². The van der Waals surface area contributed by atoms with Crippen molar-refractivity contribution in [3.8, 4) is 5.75 Å². The number of carbonyl (C=O) groups excluding carboxylic acids is 1. The molecule has 0 radical (unpaired) electrons. The molecule has 4 heteroatoms. The van der Waals surface area contributed by atoms with Gasteiger partial charge >= 0.3 is 0 Å². The molecule has 1 aliphatic rings. The summed E-state index contributed by atoms with van der Waals surface area (Å²) in [5.74, 6) is 1.24. The van der Waals surface area contributed by atoms with Gasteiger partial charge in [0.2, 0.25) is 5.91 Å². The van der Waals surface area contributed by atoms with Crippen molar-refractivity contribution in [3.05, 3.63) is 23.8 Å².